The Balaban J connectivity index is 1.74. The molecule has 2 N–H and O–H groups in total. The first-order valence-electron chi connectivity index (χ1n) is 7.89. The molecule has 0 radical (unpaired) electrons. The molecule has 1 amide bonds. The van der Waals surface area contributed by atoms with E-state index in [1.807, 2.05) is 49.1 Å². The monoisotopic (exact) mass is 306 g/mol. The number of nitrogens with zero attached hydrogens (tertiary/aromatic N) is 1. The molecule has 5 nitrogen and oxygen atoms in total. The van der Waals surface area contributed by atoms with Crippen molar-refractivity contribution in [1.29, 1.82) is 0 Å². The van der Waals surface area contributed by atoms with Gasteiger partial charge in [0.2, 0.25) is 5.91 Å². The molecule has 0 bridgehead atoms. The van der Waals surface area contributed by atoms with Crippen LogP contribution in [0.3, 0.4) is 0 Å². The number of carbonyl (C=O) groups is 1. The van der Waals surface area contributed by atoms with Crippen LogP contribution in [0.4, 0.5) is 0 Å². The zero-order valence-corrected chi connectivity index (χ0v) is 13.4. The second-order valence-corrected chi connectivity index (χ2v) is 6.28. The molecule has 122 valence electrons. The van der Waals surface area contributed by atoms with Crippen LogP contribution < -0.4 is 10.1 Å². The number of aliphatic hydroxyl groups is 1. The summed E-state index contributed by atoms with van der Waals surface area (Å²) in [6, 6.07) is 9.38. The summed E-state index contributed by atoms with van der Waals surface area (Å²) in [6.45, 7) is 5.91. The second kappa shape index (κ2) is 7.61. The van der Waals surface area contributed by atoms with Crippen molar-refractivity contribution in [2.24, 2.45) is 0 Å². The van der Waals surface area contributed by atoms with Gasteiger partial charge in [0, 0.05) is 19.6 Å². The Hall–Kier alpha value is -1.59. The van der Waals surface area contributed by atoms with E-state index in [0.717, 1.165) is 31.7 Å². The lowest BCUT2D eigenvalue weighted by Gasteiger charge is -2.31. The molecule has 1 saturated heterocycles. The molecule has 1 heterocycles. The normalized spacial score (nSPS) is 16.6. The molecule has 1 unspecified atom stereocenters. The van der Waals surface area contributed by atoms with Crippen molar-refractivity contribution in [3.05, 3.63) is 30.3 Å². The summed E-state index contributed by atoms with van der Waals surface area (Å²) in [5.74, 6) is 0.829. The van der Waals surface area contributed by atoms with E-state index in [1.54, 1.807) is 0 Å². The molecule has 1 aliphatic rings. The van der Waals surface area contributed by atoms with Crippen molar-refractivity contribution >= 4 is 5.91 Å². The average molecular weight is 306 g/mol. The average Bonchev–Trinajstić information content (AvgIpc) is 3.05. The molecule has 1 atom stereocenters. The van der Waals surface area contributed by atoms with E-state index in [-0.39, 0.29) is 12.5 Å². The molecule has 5 heteroatoms. The summed E-state index contributed by atoms with van der Waals surface area (Å²) in [7, 11) is 0. The minimum Gasteiger partial charge on any atom is -0.491 e. The number of para-hydroxylation sites is 1. The molecular formula is C17H26N2O3. The molecule has 1 aromatic carbocycles. The van der Waals surface area contributed by atoms with Gasteiger partial charge in [0.1, 0.15) is 18.5 Å². The smallest absolute Gasteiger partial charge is 0.242 e. The Morgan fingerprint density at radius 2 is 1.95 bits per heavy atom. The number of carbonyl (C=O) groups excluding carboxylic acids is 1. The predicted molar refractivity (Wildman–Crippen MR) is 85.8 cm³/mol. The lowest BCUT2D eigenvalue weighted by molar-refractivity contribution is -0.136. The third kappa shape index (κ3) is 4.71. The SMILES string of the molecule is CC(C)(NCC(O)COc1ccccc1)C(=O)N1CCCC1. The van der Waals surface area contributed by atoms with E-state index in [9.17, 15) is 9.90 Å². The molecule has 22 heavy (non-hydrogen) atoms. The van der Waals surface area contributed by atoms with Gasteiger partial charge in [-0.05, 0) is 38.8 Å². The topological polar surface area (TPSA) is 61.8 Å². The van der Waals surface area contributed by atoms with Crippen molar-refractivity contribution in [3.8, 4) is 5.75 Å². The number of nitrogens with one attached hydrogen (secondary N) is 1. The fraction of sp³-hybridized carbons (Fsp3) is 0.588. The van der Waals surface area contributed by atoms with E-state index in [2.05, 4.69) is 5.32 Å². The van der Waals surface area contributed by atoms with Crippen LogP contribution in [0.15, 0.2) is 30.3 Å². The Bertz CT molecular complexity index is 470. The molecule has 0 saturated carbocycles. The summed E-state index contributed by atoms with van der Waals surface area (Å²) < 4.78 is 5.51. The highest BCUT2D eigenvalue weighted by atomic mass is 16.5. The number of aliphatic hydroxyl groups excluding tert-OH is 1. The second-order valence-electron chi connectivity index (χ2n) is 6.28. The summed E-state index contributed by atoms with van der Waals surface area (Å²) >= 11 is 0. The zero-order valence-electron chi connectivity index (χ0n) is 13.4. The van der Waals surface area contributed by atoms with Crippen LogP contribution in [0, 0.1) is 0 Å². The van der Waals surface area contributed by atoms with Crippen molar-refractivity contribution in [2.45, 2.75) is 38.3 Å². The first-order chi connectivity index (χ1) is 10.5. The predicted octanol–water partition coefficient (Wildman–Crippen LogP) is 1.42. The maximum Gasteiger partial charge on any atom is 0.242 e. The first-order valence-corrected chi connectivity index (χ1v) is 7.89. The van der Waals surface area contributed by atoms with Gasteiger partial charge in [0.05, 0.1) is 5.54 Å². The minimum atomic E-state index is -0.669. The summed E-state index contributed by atoms with van der Waals surface area (Å²) in [5.41, 5.74) is -0.669. The lowest BCUT2D eigenvalue weighted by atomic mass is 10.0. The third-order valence-electron chi connectivity index (χ3n) is 3.89. The van der Waals surface area contributed by atoms with Crippen molar-refractivity contribution < 1.29 is 14.6 Å². The molecule has 1 aliphatic heterocycles. The largest absolute Gasteiger partial charge is 0.491 e. The molecular weight excluding hydrogens is 280 g/mol. The molecule has 0 spiro atoms. The van der Waals surface area contributed by atoms with E-state index in [0.29, 0.717) is 6.54 Å². The molecule has 0 aromatic heterocycles. The van der Waals surface area contributed by atoms with E-state index >= 15 is 0 Å². The number of benzene rings is 1. The number of rotatable bonds is 7. The van der Waals surface area contributed by atoms with Gasteiger partial charge in [-0.15, -0.1) is 0 Å². The quantitative estimate of drug-likeness (QED) is 0.800. The summed E-state index contributed by atoms with van der Waals surface area (Å²) in [6.07, 6.45) is 1.50. The zero-order chi connectivity index (χ0) is 16.0. The van der Waals surface area contributed by atoms with Crippen molar-refractivity contribution in [1.82, 2.24) is 10.2 Å². The van der Waals surface area contributed by atoms with E-state index < -0.39 is 11.6 Å². The van der Waals surface area contributed by atoms with Crippen LogP contribution in [0.2, 0.25) is 0 Å². The van der Waals surface area contributed by atoms with Crippen molar-refractivity contribution in [2.75, 3.05) is 26.2 Å². The van der Waals surface area contributed by atoms with Crippen LogP contribution in [0.1, 0.15) is 26.7 Å². The molecule has 0 aliphatic carbocycles. The number of hydrogen-bond acceptors (Lipinski definition) is 4. The van der Waals surface area contributed by atoms with Gasteiger partial charge in [-0.25, -0.2) is 0 Å². The highest BCUT2D eigenvalue weighted by Gasteiger charge is 2.33. The van der Waals surface area contributed by atoms with Crippen LogP contribution in [-0.4, -0.2) is 53.8 Å². The van der Waals surface area contributed by atoms with Gasteiger partial charge in [-0.1, -0.05) is 18.2 Å². The van der Waals surface area contributed by atoms with Crippen LogP contribution in [-0.2, 0) is 4.79 Å². The van der Waals surface area contributed by atoms with Crippen LogP contribution >= 0.6 is 0 Å². The maximum atomic E-state index is 12.4. The van der Waals surface area contributed by atoms with Gasteiger partial charge in [-0.2, -0.15) is 0 Å². The van der Waals surface area contributed by atoms with Crippen molar-refractivity contribution in [3.63, 3.8) is 0 Å². The highest BCUT2D eigenvalue weighted by molar-refractivity contribution is 5.85. The fourth-order valence-electron chi connectivity index (χ4n) is 2.53. The Labute approximate surface area is 132 Å². The van der Waals surface area contributed by atoms with Gasteiger partial charge in [0.25, 0.3) is 0 Å². The third-order valence-corrected chi connectivity index (χ3v) is 3.89. The molecule has 2 rings (SSSR count). The summed E-state index contributed by atoms with van der Waals surface area (Å²) in [5, 5.41) is 13.2. The first kappa shape index (κ1) is 16.8. The molecule has 1 aromatic rings. The Kier molecular flexibility index (Phi) is 5.80. The summed E-state index contributed by atoms with van der Waals surface area (Å²) in [4.78, 5) is 14.3. The van der Waals surface area contributed by atoms with Gasteiger partial charge >= 0.3 is 0 Å². The highest BCUT2D eigenvalue weighted by Crippen LogP contribution is 2.15. The number of ether oxygens (including phenoxy) is 1. The van der Waals surface area contributed by atoms with Gasteiger partial charge < -0.3 is 20.1 Å². The Morgan fingerprint density at radius 1 is 1.32 bits per heavy atom. The lowest BCUT2D eigenvalue weighted by Crippen LogP contribution is -2.55. The molecule has 1 fully saturated rings. The van der Waals surface area contributed by atoms with Gasteiger partial charge in [0.15, 0.2) is 0 Å². The maximum absolute atomic E-state index is 12.4. The minimum absolute atomic E-state index is 0.0983. The van der Waals surface area contributed by atoms with Gasteiger partial charge in [-0.3, -0.25) is 4.79 Å². The standard InChI is InChI=1S/C17H26N2O3/c1-17(2,16(21)19-10-6-7-11-19)18-12-14(20)13-22-15-8-4-3-5-9-15/h3-5,8-9,14,18,20H,6-7,10-13H2,1-2H3. The Morgan fingerprint density at radius 3 is 2.59 bits per heavy atom. The number of amides is 1. The number of hydrogen-bond donors (Lipinski definition) is 2. The fourth-order valence-corrected chi connectivity index (χ4v) is 2.53. The van der Waals surface area contributed by atoms with Crippen LogP contribution in [0.25, 0.3) is 0 Å². The van der Waals surface area contributed by atoms with Crippen LogP contribution in [0.5, 0.6) is 5.75 Å². The van der Waals surface area contributed by atoms with E-state index in [4.69, 9.17) is 4.74 Å². The number of β-amino-alcohol motifs (C(OH)–C–C–N with tert-alkyl or cyclic N) is 1. The van der Waals surface area contributed by atoms with E-state index in [1.165, 1.54) is 0 Å². The number of likely N-dealkylation sites (tertiary alicyclic amines) is 1.